The van der Waals surface area contributed by atoms with Gasteiger partial charge in [-0.3, -0.25) is 9.78 Å². The Morgan fingerprint density at radius 2 is 1.82 bits per heavy atom. The molecule has 0 aliphatic heterocycles. The lowest BCUT2D eigenvalue weighted by molar-refractivity contribution is -0.683. The average Bonchev–Trinajstić information content (AvgIpc) is 2.40. The fourth-order valence-electron chi connectivity index (χ4n) is 1.64. The van der Waals surface area contributed by atoms with Gasteiger partial charge >= 0.3 is 0 Å². The third kappa shape index (κ3) is 2.97. The fourth-order valence-corrected chi connectivity index (χ4v) is 1.64. The van der Waals surface area contributed by atoms with Crippen molar-refractivity contribution in [2.45, 2.75) is 19.9 Å². The normalized spacial score (nSPS) is 10.2. The minimum absolute atomic E-state index is 0.115. The Kier molecular flexibility index (Phi) is 3.60. The molecule has 0 amide bonds. The summed E-state index contributed by atoms with van der Waals surface area (Å²) in [5.41, 5.74) is 2.00. The third-order valence-electron chi connectivity index (χ3n) is 2.70. The quantitative estimate of drug-likeness (QED) is 0.589. The number of nitrogens with zero attached hydrogens (tertiary/aromatic N) is 2. The van der Waals surface area contributed by atoms with E-state index < -0.39 is 0 Å². The first-order valence-electron chi connectivity index (χ1n) is 5.71. The first-order valence-corrected chi connectivity index (χ1v) is 5.71. The maximum absolute atomic E-state index is 12.0. The molecule has 3 nitrogen and oxygen atoms in total. The monoisotopic (exact) mass is 227 g/mol. The summed E-state index contributed by atoms with van der Waals surface area (Å²) in [6, 6.07) is 7.79. The smallest absolute Gasteiger partial charge is 0.227 e. The summed E-state index contributed by atoms with van der Waals surface area (Å²) in [6.45, 7) is 2.46. The molecule has 0 N–H and O–H groups in total. The second kappa shape index (κ2) is 5.34. The van der Waals surface area contributed by atoms with Gasteiger partial charge in [0.05, 0.1) is 12.4 Å². The zero-order valence-corrected chi connectivity index (χ0v) is 9.84. The van der Waals surface area contributed by atoms with Crippen LogP contribution in [0.2, 0.25) is 0 Å². The number of benzene rings is 1. The van der Waals surface area contributed by atoms with Crippen LogP contribution in [0.25, 0.3) is 0 Å². The van der Waals surface area contributed by atoms with Gasteiger partial charge < -0.3 is 0 Å². The first-order chi connectivity index (χ1) is 8.29. The topological polar surface area (TPSA) is 33.8 Å². The summed E-state index contributed by atoms with van der Waals surface area (Å²) >= 11 is 0. The molecular weight excluding hydrogens is 212 g/mol. The maximum Gasteiger partial charge on any atom is 0.227 e. The molecule has 3 heteroatoms. The summed E-state index contributed by atoms with van der Waals surface area (Å²) in [5, 5.41) is 0. The van der Waals surface area contributed by atoms with E-state index in [-0.39, 0.29) is 5.78 Å². The highest BCUT2D eigenvalue weighted by Gasteiger charge is 2.11. The molecule has 1 aromatic heterocycles. The number of aromatic nitrogens is 2. The van der Waals surface area contributed by atoms with Crippen molar-refractivity contribution in [3.8, 4) is 0 Å². The van der Waals surface area contributed by atoms with E-state index in [0.717, 1.165) is 12.0 Å². The van der Waals surface area contributed by atoms with Gasteiger partial charge in [0.15, 0.2) is 12.4 Å². The van der Waals surface area contributed by atoms with Gasteiger partial charge in [-0.1, -0.05) is 31.2 Å². The van der Waals surface area contributed by atoms with E-state index in [1.165, 1.54) is 5.56 Å². The molecule has 2 aromatic rings. The second-order valence-electron chi connectivity index (χ2n) is 3.89. The predicted octanol–water partition coefficient (Wildman–Crippen LogP) is 1.81. The van der Waals surface area contributed by atoms with Gasteiger partial charge in [-0.2, -0.15) is 4.57 Å². The Morgan fingerprint density at radius 1 is 1.18 bits per heavy atom. The molecule has 0 atom stereocenters. The lowest BCUT2D eigenvalue weighted by Crippen LogP contribution is -2.37. The summed E-state index contributed by atoms with van der Waals surface area (Å²) in [4.78, 5) is 15.9. The van der Waals surface area contributed by atoms with Crippen molar-refractivity contribution < 1.29 is 9.36 Å². The predicted molar refractivity (Wildman–Crippen MR) is 64.6 cm³/mol. The van der Waals surface area contributed by atoms with Crippen LogP contribution in [0, 0.1) is 0 Å². The molecule has 2 rings (SSSR count). The van der Waals surface area contributed by atoms with E-state index in [9.17, 15) is 4.79 Å². The summed E-state index contributed by atoms with van der Waals surface area (Å²) in [6.07, 6.45) is 7.92. The Morgan fingerprint density at radius 3 is 2.41 bits per heavy atom. The van der Waals surface area contributed by atoms with Crippen LogP contribution in [0.5, 0.6) is 0 Å². The van der Waals surface area contributed by atoms with Crippen LogP contribution in [-0.2, 0) is 13.0 Å². The van der Waals surface area contributed by atoms with Gasteiger partial charge in [0.2, 0.25) is 12.3 Å². The zero-order chi connectivity index (χ0) is 12.1. The standard InChI is InChI=1S/C14H15N2O/c1-2-12-3-5-13(6-4-12)14(17)11-16-9-7-15-8-10-16/h3-10H,2,11H2,1H3/q+1. The minimum atomic E-state index is 0.115. The van der Waals surface area contributed by atoms with Crippen molar-refractivity contribution in [3.63, 3.8) is 0 Å². The number of hydrogen-bond donors (Lipinski definition) is 0. The largest absolute Gasteiger partial charge is 0.287 e. The number of carbonyl (C=O) groups excluding carboxylic acids is 1. The molecule has 0 aliphatic rings. The minimum Gasteiger partial charge on any atom is -0.287 e. The van der Waals surface area contributed by atoms with Gasteiger partial charge in [0, 0.05) is 5.56 Å². The SMILES string of the molecule is CCc1ccc(C(=O)C[n+]2ccncc2)cc1. The average molecular weight is 227 g/mol. The Labute approximate surface area is 101 Å². The van der Waals surface area contributed by atoms with Gasteiger partial charge in [0.25, 0.3) is 0 Å². The lowest BCUT2D eigenvalue weighted by atomic mass is 10.1. The number of carbonyl (C=O) groups is 1. The molecular formula is C14H15N2O+. The summed E-state index contributed by atoms with van der Waals surface area (Å²) < 4.78 is 1.82. The second-order valence-corrected chi connectivity index (χ2v) is 3.89. The molecule has 0 spiro atoms. The van der Waals surface area contributed by atoms with E-state index in [0.29, 0.717) is 6.54 Å². The van der Waals surface area contributed by atoms with Crippen LogP contribution in [0.3, 0.4) is 0 Å². The molecule has 1 heterocycles. The van der Waals surface area contributed by atoms with Crippen LogP contribution in [-0.4, -0.2) is 10.8 Å². The van der Waals surface area contributed by atoms with Gasteiger partial charge in [-0.25, -0.2) is 0 Å². The van der Waals surface area contributed by atoms with Crippen LogP contribution in [0.15, 0.2) is 49.1 Å². The maximum atomic E-state index is 12.0. The molecule has 17 heavy (non-hydrogen) atoms. The number of rotatable bonds is 4. The summed E-state index contributed by atoms with van der Waals surface area (Å²) in [5.74, 6) is 0.115. The van der Waals surface area contributed by atoms with Crippen molar-refractivity contribution >= 4 is 5.78 Å². The van der Waals surface area contributed by atoms with E-state index in [4.69, 9.17) is 0 Å². The molecule has 0 saturated carbocycles. The van der Waals surface area contributed by atoms with E-state index >= 15 is 0 Å². The van der Waals surface area contributed by atoms with Gasteiger partial charge in [0.1, 0.15) is 0 Å². The number of aryl methyl sites for hydroxylation is 1. The number of Topliss-reactive ketones (excluding diaryl/α,β-unsaturated/α-hetero) is 1. The molecule has 0 unspecified atom stereocenters. The van der Waals surface area contributed by atoms with Gasteiger partial charge in [-0.15, -0.1) is 0 Å². The van der Waals surface area contributed by atoms with Crippen molar-refractivity contribution in [2.75, 3.05) is 0 Å². The number of ketones is 1. The third-order valence-corrected chi connectivity index (χ3v) is 2.70. The van der Waals surface area contributed by atoms with E-state index in [2.05, 4.69) is 11.9 Å². The Balaban J connectivity index is 2.09. The van der Waals surface area contributed by atoms with Gasteiger partial charge in [-0.05, 0) is 12.0 Å². The van der Waals surface area contributed by atoms with Crippen LogP contribution < -0.4 is 4.57 Å². The van der Waals surface area contributed by atoms with Crippen molar-refractivity contribution in [2.24, 2.45) is 0 Å². The Hall–Kier alpha value is -2.03. The molecule has 0 bridgehead atoms. The summed E-state index contributed by atoms with van der Waals surface area (Å²) in [7, 11) is 0. The lowest BCUT2D eigenvalue weighted by Gasteiger charge is -2.00. The van der Waals surface area contributed by atoms with E-state index in [1.54, 1.807) is 24.8 Å². The highest BCUT2D eigenvalue weighted by molar-refractivity contribution is 5.95. The molecule has 0 saturated heterocycles. The van der Waals surface area contributed by atoms with E-state index in [1.807, 2.05) is 28.8 Å². The van der Waals surface area contributed by atoms with Crippen LogP contribution >= 0.6 is 0 Å². The highest BCUT2D eigenvalue weighted by Crippen LogP contribution is 2.05. The van der Waals surface area contributed by atoms with Crippen molar-refractivity contribution in [1.82, 2.24) is 4.98 Å². The molecule has 86 valence electrons. The fraction of sp³-hybridized carbons (Fsp3) is 0.214. The number of hydrogen-bond acceptors (Lipinski definition) is 2. The van der Waals surface area contributed by atoms with Crippen molar-refractivity contribution in [3.05, 3.63) is 60.2 Å². The van der Waals surface area contributed by atoms with Crippen LogP contribution in [0.1, 0.15) is 22.8 Å². The van der Waals surface area contributed by atoms with Crippen molar-refractivity contribution in [1.29, 1.82) is 0 Å². The Bertz CT molecular complexity index is 491. The molecule has 0 radical (unpaired) electrons. The molecule has 0 aliphatic carbocycles. The van der Waals surface area contributed by atoms with Crippen LogP contribution in [0.4, 0.5) is 0 Å². The highest BCUT2D eigenvalue weighted by atomic mass is 16.1. The molecule has 0 fully saturated rings. The zero-order valence-electron chi connectivity index (χ0n) is 9.84. The first kappa shape index (κ1) is 11.5. The molecule has 1 aromatic carbocycles.